The van der Waals surface area contributed by atoms with Gasteiger partial charge < -0.3 is 4.74 Å². The van der Waals surface area contributed by atoms with E-state index in [0.717, 1.165) is 11.3 Å². The highest BCUT2D eigenvalue weighted by atomic mass is 16.5. The molecule has 18 heavy (non-hydrogen) atoms. The maximum absolute atomic E-state index is 11.5. The van der Waals surface area contributed by atoms with Gasteiger partial charge in [-0.25, -0.2) is 10.5 Å². The zero-order valence-electron chi connectivity index (χ0n) is 9.91. The average Bonchev–Trinajstić information content (AvgIpc) is 2.94. The molecule has 0 aliphatic heterocycles. The van der Waals surface area contributed by atoms with Crippen LogP contribution in [0.4, 0.5) is 0 Å². The lowest BCUT2D eigenvalue weighted by molar-refractivity contribution is -0.131. The molecule has 0 spiro atoms. The fraction of sp³-hybridized carbons (Fsp3) is 0.167. The van der Waals surface area contributed by atoms with Crippen LogP contribution in [0, 0.1) is 0 Å². The van der Waals surface area contributed by atoms with Crippen LogP contribution in [0.2, 0.25) is 0 Å². The van der Waals surface area contributed by atoms with Gasteiger partial charge in [-0.1, -0.05) is 12.1 Å². The average molecular weight is 246 g/mol. The summed E-state index contributed by atoms with van der Waals surface area (Å²) < 4.78 is 6.84. The van der Waals surface area contributed by atoms with Crippen LogP contribution in [0.1, 0.15) is 11.7 Å². The molecule has 1 aromatic heterocycles. The molecule has 1 aromatic carbocycles. The fourth-order valence-corrected chi connectivity index (χ4v) is 1.69. The van der Waals surface area contributed by atoms with Crippen molar-refractivity contribution in [1.82, 2.24) is 15.2 Å². The number of hydrogen-bond acceptors (Lipinski definition) is 4. The van der Waals surface area contributed by atoms with Gasteiger partial charge in [0.1, 0.15) is 0 Å². The van der Waals surface area contributed by atoms with Crippen LogP contribution in [0.25, 0.3) is 5.69 Å². The van der Waals surface area contributed by atoms with Crippen LogP contribution >= 0.6 is 0 Å². The summed E-state index contributed by atoms with van der Waals surface area (Å²) in [5, 5.41) is 4.12. The lowest BCUT2D eigenvalue weighted by atomic mass is 10.1. The Bertz CT molecular complexity index is 507. The summed E-state index contributed by atoms with van der Waals surface area (Å²) in [6, 6.07) is 9.17. The lowest BCUT2D eigenvalue weighted by Crippen LogP contribution is -2.35. The smallest absolute Gasteiger partial charge is 0.267 e. The van der Waals surface area contributed by atoms with Crippen molar-refractivity contribution in [2.45, 2.75) is 6.10 Å². The fourth-order valence-electron chi connectivity index (χ4n) is 1.69. The molecule has 0 aliphatic rings. The minimum Gasteiger partial charge on any atom is -0.367 e. The van der Waals surface area contributed by atoms with E-state index >= 15 is 0 Å². The van der Waals surface area contributed by atoms with Crippen LogP contribution in [0.15, 0.2) is 42.7 Å². The molecule has 0 fully saturated rings. The first-order chi connectivity index (χ1) is 8.76. The van der Waals surface area contributed by atoms with E-state index in [4.69, 9.17) is 10.6 Å². The van der Waals surface area contributed by atoms with Gasteiger partial charge in [0.15, 0.2) is 6.10 Å². The first-order valence-electron chi connectivity index (χ1n) is 5.39. The molecule has 3 N–H and O–H groups in total. The molecule has 2 aromatic rings. The number of carbonyl (C=O) groups excluding carboxylic acids is 1. The number of aromatic nitrogens is 2. The molecule has 1 unspecified atom stereocenters. The van der Waals surface area contributed by atoms with E-state index in [9.17, 15) is 4.79 Å². The number of rotatable bonds is 4. The molecule has 0 bridgehead atoms. The summed E-state index contributed by atoms with van der Waals surface area (Å²) in [4.78, 5) is 11.5. The van der Waals surface area contributed by atoms with Crippen LogP contribution in [-0.2, 0) is 9.53 Å². The Morgan fingerprint density at radius 3 is 2.67 bits per heavy atom. The predicted molar refractivity (Wildman–Crippen MR) is 65.6 cm³/mol. The Labute approximate surface area is 104 Å². The van der Waals surface area contributed by atoms with E-state index in [1.165, 1.54) is 7.11 Å². The zero-order chi connectivity index (χ0) is 13.0. The molecule has 1 heterocycles. The van der Waals surface area contributed by atoms with Crippen LogP contribution in [0.5, 0.6) is 0 Å². The Kier molecular flexibility index (Phi) is 3.71. The van der Waals surface area contributed by atoms with Crippen molar-refractivity contribution in [2.24, 2.45) is 5.84 Å². The molecule has 6 heteroatoms. The second-order valence-corrected chi connectivity index (χ2v) is 3.67. The monoisotopic (exact) mass is 246 g/mol. The van der Waals surface area contributed by atoms with Gasteiger partial charge >= 0.3 is 0 Å². The van der Waals surface area contributed by atoms with Crippen molar-refractivity contribution < 1.29 is 9.53 Å². The van der Waals surface area contributed by atoms with Crippen molar-refractivity contribution in [3.63, 3.8) is 0 Å². The second kappa shape index (κ2) is 5.44. The Morgan fingerprint density at radius 2 is 2.17 bits per heavy atom. The third-order valence-electron chi connectivity index (χ3n) is 2.58. The van der Waals surface area contributed by atoms with Gasteiger partial charge in [-0.3, -0.25) is 10.2 Å². The number of methoxy groups -OCH3 is 1. The van der Waals surface area contributed by atoms with Crippen molar-refractivity contribution in [3.05, 3.63) is 48.3 Å². The van der Waals surface area contributed by atoms with Crippen LogP contribution in [0.3, 0.4) is 0 Å². The Hall–Kier alpha value is -2.18. The molecule has 2 rings (SSSR count). The molecule has 1 amide bonds. The summed E-state index contributed by atoms with van der Waals surface area (Å²) in [7, 11) is 1.46. The number of hydrazine groups is 1. The first-order valence-corrected chi connectivity index (χ1v) is 5.39. The summed E-state index contributed by atoms with van der Waals surface area (Å²) in [6.07, 6.45) is 2.84. The van der Waals surface area contributed by atoms with Gasteiger partial charge in [-0.15, -0.1) is 0 Å². The largest absolute Gasteiger partial charge is 0.367 e. The molecular weight excluding hydrogens is 232 g/mol. The SMILES string of the molecule is COC(C(=O)NN)c1ccc(-n2cccn2)cc1. The van der Waals surface area contributed by atoms with Crippen molar-refractivity contribution >= 4 is 5.91 Å². The molecular formula is C12H14N4O2. The Balaban J connectivity index is 2.24. The van der Waals surface area contributed by atoms with Crippen LogP contribution < -0.4 is 11.3 Å². The van der Waals surface area contributed by atoms with E-state index in [1.54, 1.807) is 23.0 Å². The lowest BCUT2D eigenvalue weighted by Gasteiger charge is -2.14. The van der Waals surface area contributed by atoms with E-state index in [1.807, 2.05) is 24.4 Å². The van der Waals surface area contributed by atoms with Gasteiger partial charge in [0.05, 0.1) is 5.69 Å². The summed E-state index contributed by atoms with van der Waals surface area (Å²) in [5.74, 6) is 4.71. The standard InChI is InChI=1S/C12H14N4O2/c1-18-11(12(17)15-13)9-3-5-10(6-4-9)16-8-2-7-14-16/h2-8,11H,13H2,1H3,(H,15,17). The maximum atomic E-state index is 11.5. The number of carbonyl (C=O) groups is 1. The topological polar surface area (TPSA) is 82.2 Å². The number of benzene rings is 1. The van der Waals surface area contributed by atoms with Crippen LogP contribution in [-0.4, -0.2) is 22.8 Å². The highest BCUT2D eigenvalue weighted by molar-refractivity contribution is 5.81. The number of nitrogens with two attached hydrogens (primary N) is 1. The summed E-state index contributed by atoms with van der Waals surface area (Å²) >= 11 is 0. The van der Waals surface area contributed by atoms with Gasteiger partial charge in [-0.2, -0.15) is 5.10 Å². The third kappa shape index (κ3) is 2.39. The van der Waals surface area contributed by atoms with E-state index in [-0.39, 0.29) is 5.91 Å². The molecule has 0 radical (unpaired) electrons. The zero-order valence-corrected chi connectivity index (χ0v) is 9.91. The van der Waals surface area contributed by atoms with Crippen molar-refractivity contribution in [3.8, 4) is 5.69 Å². The number of amides is 1. The number of ether oxygens (including phenoxy) is 1. The maximum Gasteiger partial charge on any atom is 0.267 e. The minimum atomic E-state index is -0.707. The molecule has 94 valence electrons. The van der Waals surface area contributed by atoms with Gasteiger partial charge in [-0.05, 0) is 23.8 Å². The second-order valence-electron chi connectivity index (χ2n) is 3.67. The summed E-state index contributed by atoms with van der Waals surface area (Å²) in [5.41, 5.74) is 3.72. The third-order valence-corrected chi connectivity index (χ3v) is 2.58. The van der Waals surface area contributed by atoms with Gasteiger partial charge in [0, 0.05) is 19.5 Å². The van der Waals surface area contributed by atoms with Gasteiger partial charge in [0.25, 0.3) is 5.91 Å². The van der Waals surface area contributed by atoms with E-state index in [0.29, 0.717) is 0 Å². The molecule has 0 saturated carbocycles. The van der Waals surface area contributed by atoms with E-state index < -0.39 is 6.10 Å². The molecule has 0 aliphatic carbocycles. The normalized spacial score (nSPS) is 12.1. The molecule has 6 nitrogen and oxygen atoms in total. The number of nitrogens with zero attached hydrogens (tertiary/aromatic N) is 2. The molecule has 1 atom stereocenters. The quantitative estimate of drug-likeness (QED) is 0.469. The number of nitrogens with one attached hydrogen (secondary N) is 1. The minimum absolute atomic E-state index is 0.385. The first kappa shape index (κ1) is 12.3. The Morgan fingerprint density at radius 1 is 1.44 bits per heavy atom. The number of hydrogen-bond donors (Lipinski definition) is 2. The highest BCUT2D eigenvalue weighted by Crippen LogP contribution is 2.18. The van der Waals surface area contributed by atoms with Gasteiger partial charge in [0.2, 0.25) is 0 Å². The predicted octanol–water partition coefficient (Wildman–Crippen LogP) is 0.550. The summed E-state index contributed by atoms with van der Waals surface area (Å²) in [6.45, 7) is 0. The molecule has 0 saturated heterocycles. The highest BCUT2D eigenvalue weighted by Gasteiger charge is 2.18. The van der Waals surface area contributed by atoms with Crippen molar-refractivity contribution in [2.75, 3.05) is 7.11 Å². The van der Waals surface area contributed by atoms with Crippen molar-refractivity contribution in [1.29, 1.82) is 0 Å². The van der Waals surface area contributed by atoms with E-state index in [2.05, 4.69) is 10.5 Å².